The molecular weight excluding hydrogens is 701 g/mol. The van der Waals surface area contributed by atoms with Crippen LogP contribution in [0.2, 0.25) is 0 Å². The number of H-pyrrole nitrogens is 2. The second-order valence-corrected chi connectivity index (χ2v) is 14.9. The molecule has 1 aliphatic heterocycles. The van der Waals surface area contributed by atoms with Crippen LogP contribution in [0.25, 0.3) is 54.7 Å². The molecule has 14 heteroatoms. The second kappa shape index (κ2) is 14.6. The molecule has 0 radical (unpaired) electrons. The SMILES string of the molecule is COC(=O)NCC(=O)N(Cc1nc2c(ccc3cc(-c4ccc5c(ccc6[nH]c(C7[C@H]8CC[C@H](C8)N7C(=O)CNC(=O)OC)nc65)c4)ccc32)[nH]1)CC(C)C. The van der Waals surface area contributed by atoms with E-state index < -0.39 is 12.2 Å². The Labute approximate surface area is 316 Å². The minimum Gasteiger partial charge on any atom is -0.453 e. The van der Waals surface area contributed by atoms with Gasteiger partial charge in [0, 0.05) is 23.4 Å². The number of rotatable bonds is 10. The lowest BCUT2D eigenvalue weighted by molar-refractivity contribution is -0.135. The van der Waals surface area contributed by atoms with Gasteiger partial charge in [-0.1, -0.05) is 50.2 Å². The zero-order chi connectivity index (χ0) is 38.4. The number of hydrogen-bond donors (Lipinski definition) is 4. The maximum Gasteiger partial charge on any atom is 0.407 e. The zero-order valence-corrected chi connectivity index (χ0v) is 31.3. The highest BCUT2D eigenvalue weighted by molar-refractivity contribution is 6.07. The Morgan fingerprint density at radius 2 is 1.44 bits per heavy atom. The van der Waals surface area contributed by atoms with E-state index in [1.54, 1.807) is 4.90 Å². The summed E-state index contributed by atoms with van der Waals surface area (Å²) in [5.74, 6) is 1.64. The van der Waals surface area contributed by atoms with E-state index in [2.05, 4.69) is 78.6 Å². The first-order chi connectivity index (χ1) is 26.6. The predicted octanol–water partition coefficient (Wildman–Crippen LogP) is 6.16. The summed E-state index contributed by atoms with van der Waals surface area (Å²) in [5, 5.41) is 9.13. The summed E-state index contributed by atoms with van der Waals surface area (Å²) in [6.45, 7) is 4.60. The molecular formula is C41H44N8O6. The topological polar surface area (TPSA) is 175 Å². The summed E-state index contributed by atoms with van der Waals surface area (Å²) in [6.07, 6.45) is 1.66. The summed E-state index contributed by atoms with van der Waals surface area (Å²) < 4.78 is 9.28. The van der Waals surface area contributed by atoms with Gasteiger partial charge in [-0.15, -0.1) is 0 Å². The van der Waals surface area contributed by atoms with Crippen LogP contribution in [0.1, 0.15) is 50.8 Å². The van der Waals surface area contributed by atoms with Crippen LogP contribution in [0.15, 0.2) is 60.7 Å². The van der Waals surface area contributed by atoms with Crippen LogP contribution in [0.3, 0.4) is 0 Å². The number of aromatic nitrogens is 4. The summed E-state index contributed by atoms with van der Waals surface area (Å²) in [7, 11) is 2.55. The Morgan fingerprint density at radius 1 is 0.818 bits per heavy atom. The van der Waals surface area contributed by atoms with Gasteiger partial charge in [-0.3, -0.25) is 9.59 Å². The number of likely N-dealkylation sites (tertiary alicyclic amines) is 1. The summed E-state index contributed by atoms with van der Waals surface area (Å²) in [6, 6.07) is 21.0. The number of ether oxygens (including phenoxy) is 2. The highest BCUT2D eigenvalue weighted by Gasteiger charge is 2.49. The normalized spacial score (nSPS) is 17.8. The summed E-state index contributed by atoms with van der Waals surface area (Å²) in [5.41, 5.74) is 5.62. The van der Waals surface area contributed by atoms with Crippen molar-refractivity contribution in [1.29, 1.82) is 0 Å². The van der Waals surface area contributed by atoms with Crippen LogP contribution in [-0.4, -0.2) is 93.6 Å². The molecule has 3 atom stereocenters. The van der Waals surface area contributed by atoms with Crippen LogP contribution < -0.4 is 10.6 Å². The molecule has 8 rings (SSSR count). The molecule has 1 unspecified atom stereocenters. The highest BCUT2D eigenvalue weighted by atomic mass is 16.5. The van der Waals surface area contributed by atoms with Gasteiger partial charge in [-0.05, 0) is 77.3 Å². The number of methoxy groups -OCH3 is 2. The molecule has 4 N–H and O–H groups in total. The van der Waals surface area contributed by atoms with E-state index in [0.29, 0.717) is 18.3 Å². The van der Waals surface area contributed by atoms with E-state index in [1.165, 1.54) is 14.2 Å². The van der Waals surface area contributed by atoms with Crippen molar-refractivity contribution in [2.75, 3.05) is 33.9 Å². The molecule has 2 aromatic heterocycles. The number of nitrogens with one attached hydrogen (secondary N) is 4. The van der Waals surface area contributed by atoms with Gasteiger partial charge in [0.1, 0.15) is 24.7 Å². The van der Waals surface area contributed by atoms with Gasteiger partial charge in [0.05, 0.1) is 48.9 Å². The molecule has 1 saturated heterocycles. The van der Waals surface area contributed by atoms with Crippen molar-refractivity contribution in [1.82, 2.24) is 40.4 Å². The highest BCUT2D eigenvalue weighted by Crippen LogP contribution is 2.50. The zero-order valence-electron chi connectivity index (χ0n) is 31.3. The quantitative estimate of drug-likeness (QED) is 0.129. The fourth-order valence-electron chi connectivity index (χ4n) is 8.47. The van der Waals surface area contributed by atoms with Gasteiger partial charge < -0.3 is 39.9 Å². The fourth-order valence-corrected chi connectivity index (χ4v) is 8.47. The fraction of sp³-hybridized carbons (Fsp3) is 0.366. The Bertz CT molecular complexity index is 2470. The van der Waals surface area contributed by atoms with Crippen molar-refractivity contribution in [3.63, 3.8) is 0 Å². The number of imidazole rings is 2. The molecule has 1 saturated carbocycles. The van der Waals surface area contributed by atoms with Crippen LogP contribution in [0.4, 0.5) is 9.59 Å². The Balaban J connectivity index is 1.04. The number of amides is 4. The van der Waals surface area contributed by atoms with Gasteiger partial charge in [0.15, 0.2) is 0 Å². The number of hydrogen-bond acceptors (Lipinski definition) is 8. The number of alkyl carbamates (subject to hydrolysis) is 2. The van der Waals surface area contributed by atoms with E-state index in [1.807, 2.05) is 30.9 Å². The van der Waals surface area contributed by atoms with Crippen LogP contribution >= 0.6 is 0 Å². The number of benzene rings is 4. The lowest BCUT2D eigenvalue weighted by Crippen LogP contribution is -2.45. The Morgan fingerprint density at radius 3 is 2.07 bits per heavy atom. The number of piperidine rings is 1. The van der Waals surface area contributed by atoms with Crippen molar-refractivity contribution < 1.29 is 28.7 Å². The second-order valence-electron chi connectivity index (χ2n) is 14.9. The third-order valence-electron chi connectivity index (χ3n) is 10.9. The van der Waals surface area contributed by atoms with E-state index >= 15 is 0 Å². The molecule has 3 heterocycles. The van der Waals surface area contributed by atoms with Gasteiger partial charge in [-0.25, -0.2) is 19.6 Å². The number of aromatic amines is 2. The molecule has 1 aliphatic carbocycles. The van der Waals surface area contributed by atoms with E-state index in [0.717, 1.165) is 79.8 Å². The molecule has 6 aromatic rings. The largest absolute Gasteiger partial charge is 0.453 e. The third kappa shape index (κ3) is 6.88. The van der Waals surface area contributed by atoms with Crippen molar-refractivity contribution in [2.24, 2.45) is 11.8 Å². The van der Waals surface area contributed by atoms with Crippen molar-refractivity contribution in [3.8, 4) is 11.1 Å². The van der Waals surface area contributed by atoms with Gasteiger partial charge in [-0.2, -0.15) is 0 Å². The molecule has 4 amide bonds. The predicted molar refractivity (Wildman–Crippen MR) is 208 cm³/mol. The maximum absolute atomic E-state index is 13.3. The Kier molecular flexibility index (Phi) is 9.49. The smallest absolute Gasteiger partial charge is 0.407 e. The minimum absolute atomic E-state index is 0.112. The lowest BCUT2D eigenvalue weighted by Gasteiger charge is -2.34. The average Bonchev–Trinajstić information content (AvgIpc) is 4.01. The minimum atomic E-state index is -0.651. The number of carbonyl (C=O) groups excluding carboxylic acids is 4. The number of carbonyl (C=O) groups is 4. The standard InChI is InChI=1S/C41H44N8O6/c1-22(2)20-48(34(50)18-42-40(52)54-3)21-33-44-31-13-8-25-15-23(6-11-29(25)36(31)46-33)24-7-12-30-26(16-24)9-14-32-37(30)47-39(45-32)38-27-5-10-28(17-27)49(38)35(51)19-43-41(53)55-4/h6-9,11-16,22,27-28,38H,5,10,17-21H2,1-4H3,(H,42,52)(H,43,53)(H,44,46)(H,45,47)/t27-,28+,38?/m0/s1. The third-order valence-corrected chi connectivity index (χ3v) is 10.9. The van der Waals surface area contributed by atoms with Crippen molar-refractivity contribution in [3.05, 3.63) is 72.3 Å². The lowest BCUT2D eigenvalue weighted by atomic mass is 9.97. The first kappa shape index (κ1) is 35.8. The Hall–Kier alpha value is -6.18. The summed E-state index contributed by atoms with van der Waals surface area (Å²) in [4.78, 5) is 70.1. The molecule has 4 aromatic carbocycles. The van der Waals surface area contributed by atoms with Crippen LogP contribution in [0, 0.1) is 11.8 Å². The number of fused-ring (bicyclic) bond motifs is 8. The average molecular weight is 745 g/mol. The molecule has 55 heavy (non-hydrogen) atoms. The number of nitrogens with zero attached hydrogens (tertiary/aromatic N) is 4. The first-order valence-corrected chi connectivity index (χ1v) is 18.7. The van der Waals surface area contributed by atoms with Crippen molar-refractivity contribution in [2.45, 2.75) is 51.7 Å². The van der Waals surface area contributed by atoms with E-state index in [9.17, 15) is 19.2 Å². The van der Waals surface area contributed by atoms with Gasteiger partial charge in [0.25, 0.3) is 0 Å². The summed E-state index contributed by atoms with van der Waals surface area (Å²) >= 11 is 0. The molecule has 2 aliphatic rings. The molecule has 0 spiro atoms. The first-order valence-electron chi connectivity index (χ1n) is 18.7. The van der Waals surface area contributed by atoms with Gasteiger partial charge >= 0.3 is 12.2 Å². The molecule has 284 valence electrons. The van der Waals surface area contributed by atoms with Crippen molar-refractivity contribution >= 4 is 67.6 Å². The van der Waals surface area contributed by atoms with E-state index in [4.69, 9.17) is 9.97 Å². The maximum atomic E-state index is 13.3. The molecule has 14 nitrogen and oxygen atoms in total. The monoisotopic (exact) mass is 744 g/mol. The van der Waals surface area contributed by atoms with Crippen LogP contribution in [0.5, 0.6) is 0 Å². The molecule has 2 fully saturated rings. The van der Waals surface area contributed by atoms with Crippen LogP contribution in [-0.2, 0) is 25.6 Å². The molecule has 2 bridgehead atoms. The van der Waals surface area contributed by atoms with Gasteiger partial charge in [0.2, 0.25) is 11.8 Å². The van der Waals surface area contributed by atoms with E-state index in [-0.39, 0.29) is 49.5 Å².